The number of hydrogen-bond acceptors (Lipinski definition) is 2. The van der Waals surface area contributed by atoms with Gasteiger partial charge in [-0.15, -0.1) is 0 Å². The summed E-state index contributed by atoms with van der Waals surface area (Å²) in [5.41, 5.74) is 4.58. The van der Waals surface area contributed by atoms with E-state index in [-0.39, 0.29) is 5.56 Å². The Labute approximate surface area is 134 Å². The Balaban J connectivity index is 2.46. The van der Waals surface area contributed by atoms with Crippen LogP contribution < -0.4 is 5.56 Å². The van der Waals surface area contributed by atoms with Crippen molar-refractivity contribution in [3.8, 4) is 11.1 Å². The molecule has 2 aromatic heterocycles. The summed E-state index contributed by atoms with van der Waals surface area (Å²) in [6.07, 6.45) is 0.840. The summed E-state index contributed by atoms with van der Waals surface area (Å²) in [6.45, 7) is 4.12. The van der Waals surface area contributed by atoms with Crippen LogP contribution in [0.25, 0.3) is 22.2 Å². The highest BCUT2D eigenvalue weighted by Gasteiger charge is 2.13. The van der Waals surface area contributed by atoms with Gasteiger partial charge in [0.05, 0.1) is 0 Å². The summed E-state index contributed by atoms with van der Waals surface area (Å²) >= 11 is 6.11. The fourth-order valence-corrected chi connectivity index (χ4v) is 2.95. The zero-order chi connectivity index (χ0) is 15.9. The van der Waals surface area contributed by atoms with Crippen molar-refractivity contribution in [2.75, 3.05) is 0 Å². The minimum atomic E-state index is -0.0670. The van der Waals surface area contributed by atoms with Crippen molar-refractivity contribution in [1.82, 2.24) is 9.55 Å². The van der Waals surface area contributed by atoms with E-state index in [1.54, 1.807) is 17.7 Å². The first-order valence-electron chi connectivity index (χ1n) is 7.27. The Morgan fingerprint density at radius 2 is 2.00 bits per heavy atom. The third-order valence-corrected chi connectivity index (χ3v) is 4.17. The number of benzene rings is 1. The molecule has 3 rings (SSSR count). The smallest absolute Gasteiger partial charge is 0.252 e. The van der Waals surface area contributed by atoms with Crippen LogP contribution >= 0.6 is 11.6 Å². The van der Waals surface area contributed by atoms with Gasteiger partial charge in [0.2, 0.25) is 0 Å². The van der Waals surface area contributed by atoms with Crippen molar-refractivity contribution in [2.24, 2.45) is 7.05 Å². The average Bonchev–Trinajstić information content (AvgIpc) is 2.50. The van der Waals surface area contributed by atoms with Gasteiger partial charge in [-0.25, -0.2) is 4.98 Å². The van der Waals surface area contributed by atoms with Gasteiger partial charge in [-0.2, -0.15) is 0 Å². The highest BCUT2D eigenvalue weighted by molar-refractivity contribution is 6.30. The SMILES string of the molecule is CCc1cc(C)c2c(-c3cccc(Cl)c3)cc(=O)n(C)c2n1. The lowest BCUT2D eigenvalue weighted by atomic mass is 9.99. The monoisotopic (exact) mass is 312 g/mol. The maximum atomic E-state index is 12.3. The number of hydrogen-bond donors (Lipinski definition) is 0. The number of fused-ring (bicyclic) bond motifs is 1. The lowest BCUT2D eigenvalue weighted by Crippen LogP contribution is -2.18. The summed E-state index contributed by atoms with van der Waals surface area (Å²) in [7, 11) is 1.76. The number of aromatic nitrogens is 2. The van der Waals surface area contributed by atoms with E-state index in [0.717, 1.165) is 39.8 Å². The van der Waals surface area contributed by atoms with Crippen LogP contribution in [0.3, 0.4) is 0 Å². The molecular formula is C18H17ClN2O. The van der Waals surface area contributed by atoms with E-state index in [9.17, 15) is 4.79 Å². The molecule has 3 aromatic rings. The van der Waals surface area contributed by atoms with E-state index in [1.807, 2.05) is 24.3 Å². The molecule has 0 aliphatic heterocycles. The van der Waals surface area contributed by atoms with Gasteiger partial charge in [0.15, 0.2) is 0 Å². The summed E-state index contributed by atoms with van der Waals surface area (Å²) in [6, 6.07) is 11.3. The summed E-state index contributed by atoms with van der Waals surface area (Å²) in [4.78, 5) is 17.0. The predicted molar refractivity (Wildman–Crippen MR) is 91.5 cm³/mol. The van der Waals surface area contributed by atoms with E-state index in [0.29, 0.717) is 5.02 Å². The van der Waals surface area contributed by atoms with Crippen LogP contribution in [0.5, 0.6) is 0 Å². The van der Waals surface area contributed by atoms with Gasteiger partial charge in [-0.3, -0.25) is 9.36 Å². The van der Waals surface area contributed by atoms with Crippen LogP contribution in [0.4, 0.5) is 0 Å². The van der Waals surface area contributed by atoms with Gasteiger partial charge < -0.3 is 0 Å². The normalized spacial score (nSPS) is 11.1. The van der Waals surface area contributed by atoms with Crippen molar-refractivity contribution in [3.05, 3.63) is 63.0 Å². The van der Waals surface area contributed by atoms with Crippen LogP contribution in [-0.4, -0.2) is 9.55 Å². The molecule has 2 heterocycles. The number of rotatable bonds is 2. The van der Waals surface area contributed by atoms with Crippen LogP contribution in [0.1, 0.15) is 18.2 Å². The lowest BCUT2D eigenvalue weighted by molar-refractivity contribution is 0.877. The van der Waals surface area contributed by atoms with Crippen molar-refractivity contribution in [3.63, 3.8) is 0 Å². The first kappa shape index (κ1) is 14.8. The molecule has 0 bridgehead atoms. The Kier molecular flexibility index (Phi) is 3.75. The zero-order valence-corrected chi connectivity index (χ0v) is 13.6. The molecule has 0 aliphatic rings. The van der Waals surface area contributed by atoms with E-state index >= 15 is 0 Å². The predicted octanol–water partition coefficient (Wildman–Crippen LogP) is 4.12. The number of aryl methyl sites for hydroxylation is 3. The van der Waals surface area contributed by atoms with Crippen molar-refractivity contribution in [1.29, 1.82) is 0 Å². The quantitative estimate of drug-likeness (QED) is 0.713. The second-order valence-corrected chi connectivity index (χ2v) is 5.88. The third-order valence-electron chi connectivity index (χ3n) is 3.93. The van der Waals surface area contributed by atoms with E-state index in [2.05, 4.69) is 24.9 Å². The molecule has 0 fully saturated rings. The molecule has 0 saturated heterocycles. The van der Waals surface area contributed by atoms with E-state index < -0.39 is 0 Å². The van der Waals surface area contributed by atoms with Crippen LogP contribution in [0.15, 0.2) is 41.2 Å². The molecule has 3 nitrogen and oxygen atoms in total. The molecule has 0 spiro atoms. The van der Waals surface area contributed by atoms with Gasteiger partial charge in [-0.05, 0) is 48.2 Å². The van der Waals surface area contributed by atoms with E-state index in [4.69, 9.17) is 11.6 Å². The molecule has 112 valence electrons. The van der Waals surface area contributed by atoms with E-state index in [1.165, 1.54) is 0 Å². The van der Waals surface area contributed by atoms with Crippen LogP contribution in [-0.2, 0) is 13.5 Å². The maximum absolute atomic E-state index is 12.3. The standard InChI is InChI=1S/C18H17ClN2O/c1-4-14-8-11(2)17-15(12-6-5-7-13(19)9-12)10-16(22)21(3)18(17)20-14/h5-10H,4H2,1-3H3. The minimum absolute atomic E-state index is 0.0670. The topological polar surface area (TPSA) is 34.9 Å². The van der Waals surface area contributed by atoms with Gasteiger partial charge >= 0.3 is 0 Å². The van der Waals surface area contributed by atoms with Gasteiger partial charge in [-0.1, -0.05) is 30.7 Å². The highest BCUT2D eigenvalue weighted by Crippen LogP contribution is 2.30. The molecule has 0 N–H and O–H groups in total. The Bertz CT molecular complexity index is 928. The van der Waals surface area contributed by atoms with Gasteiger partial charge in [0.25, 0.3) is 5.56 Å². The second kappa shape index (κ2) is 5.58. The fourth-order valence-electron chi connectivity index (χ4n) is 2.76. The molecule has 22 heavy (non-hydrogen) atoms. The lowest BCUT2D eigenvalue weighted by Gasteiger charge is -2.13. The minimum Gasteiger partial charge on any atom is -0.296 e. The summed E-state index contributed by atoms with van der Waals surface area (Å²) in [5.74, 6) is 0. The summed E-state index contributed by atoms with van der Waals surface area (Å²) < 4.78 is 1.61. The molecule has 0 radical (unpaired) electrons. The van der Waals surface area contributed by atoms with Gasteiger partial charge in [0.1, 0.15) is 5.65 Å². The molecule has 0 atom stereocenters. The molecule has 4 heteroatoms. The molecule has 0 unspecified atom stereocenters. The second-order valence-electron chi connectivity index (χ2n) is 5.45. The zero-order valence-electron chi connectivity index (χ0n) is 12.9. The Morgan fingerprint density at radius 1 is 1.23 bits per heavy atom. The highest BCUT2D eigenvalue weighted by atomic mass is 35.5. The molecule has 1 aromatic carbocycles. The molecule has 0 saturated carbocycles. The first-order chi connectivity index (χ1) is 10.5. The number of nitrogens with zero attached hydrogens (tertiary/aromatic N) is 2. The Morgan fingerprint density at radius 3 is 2.68 bits per heavy atom. The van der Waals surface area contributed by atoms with Gasteiger partial charge in [0, 0.05) is 29.2 Å². The van der Waals surface area contributed by atoms with Crippen LogP contribution in [0, 0.1) is 6.92 Å². The average molecular weight is 313 g/mol. The number of halogens is 1. The maximum Gasteiger partial charge on any atom is 0.252 e. The van der Waals surface area contributed by atoms with Crippen molar-refractivity contribution in [2.45, 2.75) is 20.3 Å². The fraction of sp³-hybridized carbons (Fsp3) is 0.222. The molecular weight excluding hydrogens is 296 g/mol. The first-order valence-corrected chi connectivity index (χ1v) is 7.65. The number of pyridine rings is 2. The Hall–Kier alpha value is -2.13. The third kappa shape index (κ3) is 2.42. The largest absolute Gasteiger partial charge is 0.296 e. The van der Waals surface area contributed by atoms with Crippen LogP contribution in [0.2, 0.25) is 5.02 Å². The molecule has 0 amide bonds. The summed E-state index contributed by atoms with van der Waals surface area (Å²) in [5, 5.41) is 1.66. The molecule has 0 aliphatic carbocycles. The van der Waals surface area contributed by atoms with Crippen molar-refractivity contribution >= 4 is 22.6 Å². The van der Waals surface area contributed by atoms with Crippen molar-refractivity contribution < 1.29 is 0 Å².